The highest BCUT2D eigenvalue weighted by molar-refractivity contribution is 5.96. The second-order valence-corrected chi connectivity index (χ2v) is 6.95. The molecule has 0 N–H and O–H groups in total. The van der Waals surface area contributed by atoms with Gasteiger partial charge in [0.2, 0.25) is 5.91 Å². The lowest BCUT2D eigenvalue weighted by Crippen LogP contribution is -2.24. The van der Waals surface area contributed by atoms with Gasteiger partial charge in [-0.05, 0) is 43.3 Å². The SMILES string of the molecule is CCOC(=O)Cn1c([C@@H]2CC(=O)N(c3ccc(OC)cc3)C2)nc2ccccc21. The number of carbonyl (C=O) groups excluding carboxylic acids is 2. The number of hydrogen-bond acceptors (Lipinski definition) is 5. The van der Waals surface area contributed by atoms with Crippen LogP contribution in [0.5, 0.6) is 5.75 Å². The summed E-state index contributed by atoms with van der Waals surface area (Å²) in [6, 6.07) is 15.1. The van der Waals surface area contributed by atoms with Crippen molar-refractivity contribution < 1.29 is 19.1 Å². The second-order valence-electron chi connectivity index (χ2n) is 6.95. The number of hydrogen-bond donors (Lipinski definition) is 0. The minimum absolute atomic E-state index is 0.0370. The molecular formula is C22H23N3O4. The van der Waals surface area contributed by atoms with Crippen molar-refractivity contribution in [3.05, 3.63) is 54.4 Å². The monoisotopic (exact) mass is 393 g/mol. The Morgan fingerprint density at radius 2 is 1.93 bits per heavy atom. The number of aromatic nitrogens is 2. The molecule has 7 nitrogen and oxygen atoms in total. The summed E-state index contributed by atoms with van der Waals surface area (Å²) < 4.78 is 12.2. The van der Waals surface area contributed by atoms with Crippen LogP contribution in [0.2, 0.25) is 0 Å². The van der Waals surface area contributed by atoms with Gasteiger partial charge in [0, 0.05) is 24.6 Å². The third-order valence-corrected chi connectivity index (χ3v) is 5.15. The van der Waals surface area contributed by atoms with E-state index in [0.717, 1.165) is 28.3 Å². The summed E-state index contributed by atoms with van der Waals surface area (Å²) in [4.78, 5) is 31.4. The van der Waals surface area contributed by atoms with E-state index < -0.39 is 0 Å². The van der Waals surface area contributed by atoms with Crippen LogP contribution in [0.4, 0.5) is 5.69 Å². The van der Waals surface area contributed by atoms with Gasteiger partial charge in [0.25, 0.3) is 0 Å². The predicted octanol–water partition coefficient (Wildman–Crippen LogP) is 3.13. The maximum Gasteiger partial charge on any atom is 0.326 e. The van der Waals surface area contributed by atoms with E-state index in [2.05, 4.69) is 0 Å². The third-order valence-electron chi connectivity index (χ3n) is 5.15. The van der Waals surface area contributed by atoms with Gasteiger partial charge in [0.15, 0.2) is 0 Å². The summed E-state index contributed by atoms with van der Waals surface area (Å²) in [6.45, 7) is 2.70. The highest BCUT2D eigenvalue weighted by atomic mass is 16.5. The topological polar surface area (TPSA) is 73.7 Å². The van der Waals surface area contributed by atoms with Gasteiger partial charge in [0.1, 0.15) is 18.1 Å². The van der Waals surface area contributed by atoms with Crippen molar-refractivity contribution in [3.63, 3.8) is 0 Å². The molecule has 150 valence electrons. The summed E-state index contributed by atoms with van der Waals surface area (Å²) in [5.74, 6) is 1.10. The molecule has 0 saturated carbocycles. The van der Waals surface area contributed by atoms with Crippen LogP contribution in [-0.4, -0.2) is 41.7 Å². The van der Waals surface area contributed by atoms with Crippen molar-refractivity contribution in [2.45, 2.75) is 25.8 Å². The minimum Gasteiger partial charge on any atom is -0.497 e. The Morgan fingerprint density at radius 1 is 1.17 bits per heavy atom. The Hall–Kier alpha value is -3.35. The van der Waals surface area contributed by atoms with Crippen molar-refractivity contribution in [3.8, 4) is 5.75 Å². The van der Waals surface area contributed by atoms with Gasteiger partial charge in [-0.2, -0.15) is 0 Å². The Balaban J connectivity index is 1.65. The van der Waals surface area contributed by atoms with Crippen LogP contribution in [0.1, 0.15) is 25.1 Å². The minimum atomic E-state index is -0.312. The zero-order chi connectivity index (χ0) is 20.4. The first kappa shape index (κ1) is 19.0. The molecule has 7 heteroatoms. The molecule has 1 fully saturated rings. The molecule has 0 aliphatic carbocycles. The fourth-order valence-electron chi connectivity index (χ4n) is 3.80. The van der Waals surface area contributed by atoms with Gasteiger partial charge in [0.05, 0.1) is 24.8 Å². The zero-order valence-electron chi connectivity index (χ0n) is 16.5. The molecule has 29 heavy (non-hydrogen) atoms. The van der Waals surface area contributed by atoms with Crippen LogP contribution >= 0.6 is 0 Å². The number of fused-ring (bicyclic) bond motifs is 1. The van der Waals surface area contributed by atoms with E-state index >= 15 is 0 Å². The molecule has 1 aliphatic heterocycles. The quantitative estimate of drug-likeness (QED) is 0.602. The second kappa shape index (κ2) is 7.95. The van der Waals surface area contributed by atoms with E-state index in [4.69, 9.17) is 14.5 Å². The largest absolute Gasteiger partial charge is 0.497 e. The molecule has 0 radical (unpaired) electrons. The summed E-state index contributed by atoms with van der Waals surface area (Å²) in [5, 5.41) is 0. The summed E-state index contributed by atoms with van der Waals surface area (Å²) >= 11 is 0. The normalized spacial score (nSPS) is 16.4. The van der Waals surface area contributed by atoms with Crippen LogP contribution < -0.4 is 9.64 Å². The number of carbonyl (C=O) groups is 2. The molecule has 1 amide bonds. The Kier molecular flexibility index (Phi) is 5.20. The Labute approximate surface area is 168 Å². The molecule has 2 heterocycles. The highest BCUT2D eigenvalue weighted by Crippen LogP contribution is 2.33. The number of para-hydroxylation sites is 2. The van der Waals surface area contributed by atoms with Crippen LogP contribution in [0.3, 0.4) is 0 Å². The summed E-state index contributed by atoms with van der Waals surface area (Å²) in [7, 11) is 1.61. The molecule has 0 bridgehead atoms. The van der Waals surface area contributed by atoms with Gasteiger partial charge < -0.3 is 18.9 Å². The molecule has 4 rings (SSSR count). The van der Waals surface area contributed by atoms with Crippen LogP contribution in [0.25, 0.3) is 11.0 Å². The lowest BCUT2D eigenvalue weighted by atomic mass is 10.1. The lowest BCUT2D eigenvalue weighted by Gasteiger charge is -2.17. The first-order chi connectivity index (χ1) is 14.1. The smallest absolute Gasteiger partial charge is 0.326 e. The molecule has 2 aromatic carbocycles. The first-order valence-corrected chi connectivity index (χ1v) is 9.66. The maximum atomic E-state index is 12.7. The average Bonchev–Trinajstić information content (AvgIpc) is 3.29. The predicted molar refractivity (Wildman–Crippen MR) is 109 cm³/mol. The molecule has 0 spiro atoms. The molecule has 1 atom stereocenters. The van der Waals surface area contributed by atoms with Gasteiger partial charge in [-0.1, -0.05) is 12.1 Å². The van der Waals surface area contributed by atoms with E-state index in [9.17, 15) is 9.59 Å². The van der Waals surface area contributed by atoms with Crippen LogP contribution in [0.15, 0.2) is 48.5 Å². The van der Waals surface area contributed by atoms with Crippen molar-refractivity contribution in [1.29, 1.82) is 0 Å². The number of nitrogens with zero attached hydrogens (tertiary/aromatic N) is 3. The molecule has 0 unspecified atom stereocenters. The van der Waals surface area contributed by atoms with E-state index in [0.29, 0.717) is 19.6 Å². The molecule has 1 saturated heterocycles. The summed E-state index contributed by atoms with van der Waals surface area (Å²) in [6.07, 6.45) is 0.345. The van der Waals surface area contributed by atoms with Gasteiger partial charge in [-0.25, -0.2) is 4.98 Å². The fraction of sp³-hybridized carbons (Fsp3) is 0.318. The number of anilines is 1. The lowest BCUT2D eigenvalue weighted by molar-refractivity contribution is -0.143. The number of methoxy groups -OCH3 is 1. The van der Waals surface area contributed by atoms with Crippen molar-refractivity contribution in [2.75, 3.05) is 25.2 Å². The number of ether oxygens (including phenoxy) is 2. The molecular weight excluding hydrogens is 370 g/mol. The van der Waals surface area contributed by atoms with Gasteiger partial charge >= 0.3 is 5.97 Å². The van der Waals surface area contributed by atoms with Gasteiger partial charge in [-0.3, -0.25) is 9.59 Å². The fourth-order valence-corrected chi connectivity index (χ4v) is 3.80. The number of rotatable bonds is 6. The Bertz CT molecular complexity index is 1040. The van der Waals surface area contributed by atoms with Crippen molar-refractivity contribution in [1.82, 2.24) is 9.55 Å². The standard InChI is InChI=1S/C22H23N3O4/c1-3-29-21(27)14-25-19-7-5-4-6-18(19)23-22(25)15-12-20(26)24(13-15)16-8-10-17(28-2)11-9-16/h4-11,15H,3,12-14H2,1-2H3/t15-/m1/s1. The highest BCUT2D eigenvalue weighted by Gasteiger charge is 2.35. The third kappa shape index (κ3) is 3.68. The van der Waals surface area contributed by atoms with Crippen LogP contribution in [-0.2, 0) is 20.9 Å². The van der Waals surface area contributed by atoms with Gasteiger partial charge in [-0.15, -0.1) is 0 Å². The zero-order valence-corrected chi connectivity index (χ0v) is 16.5. The average molecular weight is 393 g/mol. The Morgan fingerprint density at radius 3 is 2.66 bits per heavy atom. The molecule has 3 aromatic rings. The van der Waals surface area contributed by atoms with E-state index in [1.54, 1.807) is 18.9 Å². The number of amides is 1. The van der Waals surface area contributed by atoms with Crippen molar-refractivity contribution in [2.24, 2.45) is 0 Å². The first-order valence-electron chi connectivity index (χ1n) is 9.66. The number of esters is 1. The van der Waals surface area contributed by atoms with Crippen molar-refractivity contribution >= 4 is 28.6 Å². The molecule has 1 aromatic heterocycles. The van der Waals surface area contributed by atoms with E-state index in [-0.39, 0.29) is 24.3 Å². The van der Waals surface area contributed by atoms with Crippen LogP contribution in [0, 0.1) is 0 Å². The van der Waals surface area contributed by atoms with E-state index in [1.165, 1.54) is 0 Å². The number of imidazole rings is 1. The number of benzene rings is 2. The molecule has 1 aliphatic rings. The maximum absolute atomic E-state index is 12.7. The summed E-state index contributed by atoms with van der Waals surface area (Å²) in [5.41, 5.74) is 2.50. The van der Waals surface area contributed by atoms with E-state index in [1.807, 2.05) is 53.1 Å².